The molecule has 0 aliphatic carbocycles. The first-order valence-electron chi connectivity index (χ1n) is 8.05. The van der Waals surface area contributed by atoms with Gasteiger partial charge in [-0.2, -0.15) is 26.2 Å². The molecule has 2 saturated heterocycles. The van der Waals surface area contributed by atoms with Crippen LogP contribution in [-0.2, 0) is 34.2 Å². The SMILES string of the molecule is CC1(C)O[C@H]2CO[C@H](COS(=O)(=O)C(F)(F)F)[C@@]2([n+]2cccc(C(N)=O)c2)O1. The number of hydrogen-bond acceptors (Lipinski definition) is 7. The molecule has 0 bridgehead atoms. The van der Waals surface area contributed by atoms with E-state index in [-0.39, 0.29) is 12.2 Å². The molecule has 2 fully saturated rings. The van der Waals surface area contributed by atoms with Gasteiger partial charge >= 0.3 is 21.4 Å². The molecule has 1 aromatic heterocycles. The summed E-state index contributed by atoms with van der Waals surface area (Å²) in [6, 6.07) is 2.91. The fourth-order valence-corrected chi connectivity index (χ4v) is 3.71. The molecule has 28 heavy (non-hydrogen) atoms. The molecule has 2 aliphatic heterocycles. The van der Waals surface area contributed by atoms with Crippen LogP contribution in [0.3, 0.4) is 0 Å². The number of nitrogens with zero attached hydrogens (tertiary/aromatic N) is 1. The number of carbonyl (C=O) groups excluding carboxylic acids is 1. The first-order chi connectivity index (χ1) is 12.8. The van der Waals surface area contributed by atoms with Crippen molar-refractivity contribution >= 4 is 16.0 Å². The highest BCUT2D eigenvalue weighted by Gasteiger charge is 2.70. The summed E-state index contributed by atoms with van der Waals surface area (Å²) in [7, 11) is -5.83. The third-order valence-corrected chi connectivity index (χ3v) is 5.37. The summed E-state index contributed by atoms with van der Waals surface area (Å²) in [4.78, 5) is 11.5. The van der Waals surface area contributed by atoms with Gasteiger partial charge in [0.15, 0.2) is 30.4 Å². The van der Waals surface area contributed by atoms with E-state index >= 15 is 0 Å². The summed E-state index contributed by atoms with van der Waals surface area (Å²) >= 11 is 0. The Hall–Kier alpha value is -1.80. The van der Waals surface area contributed by atoms with Crippen LogP contribution in [0.25, 0.3) is 0 Å². The number of hydrogen-bond donors (Lipinski definition) is 1. The van der Waals surface area contributed by atoms with E-state index in [2.05, 4.69) is 4.18 Å². The first-order valence-corrected chi connectivity index (χ1v) is 9.46. The van der Waals surface area contributed by atoms with Crippen molar-refractivity contribution in [3.05, 3.63) is 30.1 Å². The largest absolute Gasteiger partial charge is 0.523 e. The van der Waals surface area contributed by atoms with Gasteiger partial charge in [-0.25, -0.2) is 0 Å². The summed E-state index contributed by atoms with van der Waals surface area (Å²) < 4.78 is 83.0. The van der Waals surface area contributed by atoms with Crippen molar-refractivity contribution < 1.29 is 49.3 Å². The van der Waals surface area contributed by atoms with Crippen molar-refractivity contribution in [3.63, 3.8) is 0 Å². The van der Waals surface area contributed by atoms with E-state index in [1.54, 1.807) is 13.8 Å². The molecule has 1 aromatic rings. The summed E-state index contributed by atoms with van der Waals surface area (Å²) in [5.74, 6) is -1.91. The topological polar surface area (TPSA) is 118 Å². The molecular formula is C15H18F3N2O7S+. The van der Waals surface area contributed by atoms with Gasteiger partial charge in [-0.3, -0.25) is 13.7 Å². The lowest BCUT2D eigenvalue weighted by Gasteiger charge is -2.28. The Kier molecular flexibility index (Phi) is 4.95. The van der Waals surface area contributed by atoms with Gasteiger partial charge in [-0.1, -0.05) is 0 Å². The Morgan fingerprint density at radius 3 is 2.71 bits per heavy atom. The van der Waals surface area contributed by atoms with E-state index in [0.29, 0.717) is 0 Å². The van der Waals surface area contributed by atoms with Gasteiger partial charge in [0.25, 0.3) is 5.91 Å². The van der Waals surface area contributed by atoms with Crippen molar-refractivity contribution in [2.45, 2.75) is 43.1 Å². The molecule has 3 atom stereocenters. The van der Waals surface area contributed by atoms with Crippen LogP contribution in [0.15, 0.2) is 24.5 Å². The van der Waals surface area contributed by atoms with E-state index in [9.17, 15) is 26.4 Å². The standard InChI is InChI=1S/C15H17F3N2O7S/c1-13(2)26-11-7-24-10(8-25-28(22,23)15(16,17)18)14(11,27-13)20-5-3-4-9(6-20)12(19)21/h3-6,10-11H,7-8H2,1-2H3,(H-,19,21)/p+1/t10-,11+,14-/m1/s1. The minimum atomic E-state index is -5.83. The number of aromatic nitrogens is 1. The maximum atomic E-state index is 12.6. The third kappa shape index (κ3) is 3.48. The summed E-state index contributed by atoms with van der Waals surface area (Å²) in [6.07, 6.45) is 0.701. The van der Waals surface area contributed by atoms with Crippen molar-refractivity contribution in [2.75, 3.05) is 13.2 Å². The average Bonchev–Trinajstić information content (AvgIpc) is 3.03. The molecule has 156 valence electrons. The lowest BCUT2D eigenvalue weighted by molar-refractivity contribution is -0.813. The zero-order valence-electron chi connectivity index (χ0n) is 14.8. The van der Waals surface area contributed by atoms with Crippen LogP contribution in [0.4, 0.5) is 13.2 Å². The molecule has 1 amide bonds. The number of carbonyl (C=O) groups is 1. The van der Waals surface area contributed by atoms with E-state index in [1.165, 1.54) is 29.1 Å². The fraction of sp³-hybridized carbons (Fsp3) is 0.600. The number of nitrogens with two attached hydrogens (primary N) is 1. The molecule has 0 spiro atoms. The van der Waals surface area contributed by atoms with E-state index < -0.39 is 51.9 Å². The molecule has 2 N–H and O–H groups in total. The van der Waals surface area contributed by atoms with Crippen molar-refractivity contribution in [3.8, 4) is 0 Å². The molecule has 0 aromatic carbocycles. The van der Waals surface area contributed by atoms with Gasteiger partial charge in [-0.15, -0.1) is 0 Å². The minimum Gasteiger partial charge on any atom is -0.365 e. The second kappa shape index (κ2) is 6.62. The van der Waals surface area contributed by atoms with Gasteiger partial charge < -0.3 is 15.2 Å². The Labute approximate surface area is 158 Å². The molecular weight excluding hydrogens is 409 g/mol. The highest BCUT2D eigenvalue weighted by Crippen LogP contribution is 2.44. The molecule has 0 radical (unpaired) electrons. The number of ether oxygens (including phenoxy) is 3. The van der Waals surface area contributed by atoms with Gasteiger partial charge in [-0.05, 0) is 19.9 Å². The van der Waals surface area contributed by atoms with Crippen molar-refractivity contribution in [1.82, 2.24) is 0 Å². The van der Waals surface area contributed by atoms with Crippen LogP contribution < -0.4 is 10.3 Å². The van der Waals surface area contributed by atoms with E-state index in [0.717, 1.165) is 0 Å². The Balaban J connectivity index is 1.99. The molecule has 2 aliphatic rings. The monoisotopic (exact) mass is 427 g/mol. The predicted octanol–water partition coefficient (Wildman–Crippen LogP) is 0.142. The van der Waals surface area contributed by atoms with Crippen LogP contribution in [0, 0.1) is 0 Å². The molecule has 0 unspecified atom stereocenters. The Morgan fingerprint density at radius 1 is 1.43 bits per heavy atom. The van der Waals surface area contributed by atoms with Gasteiger partial charge in [0.05, 0.1) is 6.61 Å². The fourth-order valence-electron chi connectivity index (χ4n) is 3.27. The molecule has 3 heterocycles. The van der Waals surface area contributed by atoms with Crippen LogP contribution in [0.5, 0.6) is 0 Å². The Bertz CT molecular complexity index is 890. The molecule has 13 heteroatoms. The van der Waals surface area contributed by atoms with Gasteiger partial charge in [0.2, 0.25) is 0 Å². The number of primary amides is 1. The Morgan fingerprint density at radius 2 is 2.11 bits per heavy atom. The normalized spacial score (nSPS) is 29.6. The number of pyridine rings is 1. The third-order valence-electron chi connectivity index (χ3n) is 4.35. The predicted molar refractivity (Wildman–Crippen MR) is 83.8 cm³/mol. The van der Waals surface area contributed by atoms with Crippen molar-refractivity contribution in [2.24, 2.45) is 5.73 Å². The smallest absolute Gasteiger partial charge is 0.365 e. The second-order valence-corrected chi connectivity index (χ2v) is 8.34. The van der Waals surface area contributed by atoms with Crippen molar-refractivity contribution in [1.29, 1.82) is 0 Å². The summed E-state index contributed by atoms with van der Waals surface area (Å²) in [5, 5.41) is 0. The zero-order valence-corrected chi connectivity index (χ0v) is 15.6. The lowest BCUT2D eigenvalue weighted by Crippen LogP contribution is -2.66. The number of alkyl halides is 3. The van der Waals surface area contributed by atoms with Gasteiger partial charge in [0.1, 0.15) is 12.2 Å². The molecule has 9 nitrogen and oxygen atoms in total. The second-order valence-electron chi connectivity index (χ2n) is 6.73. The minimum absolute atomic E-state index is 0.0958. The zero-order chi connectivity index (χ0) is 21.0. The summed E-state index contributed by atoms with van der Waals surface area (Å²) in [6.45, 7) is 2.08. The van der Waals surface area contributed by atoms with Gasteiger partial charge in [0, 0.05) is 6.07 Å². The molecule has 0 saturated carbocycles. The average molecular weight is 427 g/mol. The highest BCUT2D eigenvalue weighted by atomic mass is 32.2. The van der Waals surface area contributed by atoms with Crippen LogP contribution in [-0.4, -0.2) is 51.0 Å². The van der Waals surface area contributed by atoms with Crippen LogP contribution >= 0.6 is 0 Å². The maximum Gasteiger partial charge on any atom is 0.523 e. The van der Waals surface area contributed by atoms with E-state index in [1.807, 2.05) is 0 Å². The quantitative estimate of drug-likeness (QED) is 0.404. The summed E-state index contributed by atoms with van der Waals surface area (Å²) in [5.41, 5.74) is -1.77. The number of amides is 1. The first kappa shape index (κ1) is 20.9. The lowest BCUT2D eigenvalue weighted by atomic mass is 10.0. The van der Waals surface area contributed by atoms with E-state index in [4.69, 9.17) is 19.9 Å². The maximum absolute atomic E-state index is 12.6. The van der Waals surface area contributed by atoms with Crippen LogP contribution in [0.1, 0.15) is 24.2 Å². The number of halogens is 3. The number of fused-ring (bicyclic) bond motifs is 1. The molecule has 3 rings (SSSR count). The van der Waals surface area contributed by atoms with Crippen LogP contribution in [0.2, 0.25) is 0 Å². The number of rotatable bonds is 5. The highest BCUT2D eigenvalue weighted by molar-refractivity contribution is 7.87.